The third kappa shape index (κ3) is 3.57. The maximum atomic E-state index is 10.00. The minimum atomic E-state index is -0.617. The molecule has 0 fully saturated rings. The molecule has 0 aromatic heterocycles. The molecule has 0 heterocycles. The molecule has 17 heavy (non-hydrogen) atoms. The molecule has 4 nitrogen and oxygen atoms in total. The van der Waals surface area contributed by atoms with E-state index in [1.54, 1.807) is 33.4 Å². The first-order valence-electron chi connectivity index (χ1n) is 5.32. The van der Waals surface area contributed by atoms with E-state index in [-0.39, 0.29) is 0 Å². The Morgan fingerprint density at radius 3 is 2.65 bits per heavy atom. The molecule has 1 aromatic rings. The maximum absolute atomic E-state index is 10.00. The van der Waals surface area contributed by atoms with Crippen LogP contribution in [0.4, 0.5) is 0 Å². The molecule has 1 aromatic carbocycles. The van der Waals surface area contributed by atoms with E-state index in [1.165, 1.54) is 0 Å². The number of benzene rings is 1. The summed E-state index contributed by atoms with van der Waals surface area (Å²) in [5.74, 6) is 0.583. The van der Waals surface area contributed by atoms with Crippen molar-refractivity contribution in [2.24, 2.45) is 0 Å². The molecule has 1 rings (SSSR count). The smallest absolute Gasteiger partial charge is 0.137 e. The van der Waals surface area contributed by atoms with E-state index in [2.05, 4.69) is 5.32 Å². The van der Waals surface area contributed by atoms with Gasteiger partial charge in [-0.1, -0.05) is 11.6 Å². The van der Waals surface area contributed by atoms with Crippen molar-refractivity contribution in [3.8, 4) is 5.75 Å². The molecule has 0 aliphatic rings. The van der Waals surface area contributed by atoms with E-state index < -0.39 is 6.10 Å². The fourth-order valence-corrected chi connectivity index (χ4v) is 1.91. The zero-order chi connectivity index (χ0) is 12.8. The molecule has 1 unspecified atom stereocenters. The molecule has 96 valence electrons. The Morgan fingerprint density at radius 2 is 2.12 bits per heavy atom. The molecule has 0 saturated carbocycles. The molecule has 5 heteroatoms. The molecule has 0 bridgehead atoms. The van der Waals surface area contributed by atoms with Gasteiger partial charge < -0.3 is 19.9 Å². The maximum Gasteiger partial charge on any atom is 0.137 e. The topological polar surface area (TPSA) is 50.7 Å². The molecule has 0 radical (unpaired) electrons. The second kappa shape index (κ2) is 6.81. The van der Waals surface area contributed by atoms with Crippen LogP contribution in [0.25, 0.3) is 0 Å². The minimum Gasteiger partial charge on any atom is -0.495 e. The Kier molecular flexibility index (Phi) is 5.71. The van der Waals surface area contributed by atoms with Crippen molar-refractivity contribution in [2.45, 2.75) is 12.7 Å². The third-order valence-electron chi connectivity index (χ3n) is 2.47. The Balaban J connectivity index is 3.12. The van der Waals surface area contributed by atoms with Gasteiger partial charge in [0.15, 0.2) is 0 Å². The predicted molar refractivity (Wildman–Crippen MR) is 67.6 cm³/mol. The summed E-state index contributed by atoms with van der Waals surface area (Å²) in [5.41, 5.74) is 1.63. The lowest BCUT2D eigenvalue weighted by atomic mass is 10.0. The number of aliphatic hydroxyl groups is 1. The second-order valence-corrected chi connectivity index (χ2v) is 4.10. The number of rotatable bonds is 6. The fraction of sp³-hybridized carbons (Fsp3) is 0.500. The van der Waals surface area contributed by atoms with Crippen LogP contribution in [0.1, 0.15) is 17.2 Å². The first-order chi connectivity index (χ1) is 8.13. The molecule has 2 N–H and O–H groups in total. The van der Waals surface area contributed by atoms with Gasteiger partial charge in [0, 0.05) is 13.7 Å². The summed E-state index contributed by atoms with van der Waals surface area (Å²) in [5, 5.41) is 13.4. The highest BCUT2D eigenvalue weighted by atomic mass is 35.5. The third-order valence-corrected chi connectivity index (χ3v) is 2.77. The van der Waals surface area contributed by atoms with Crippen molar-refractivity contribution in [2.75, 3.05) is 27.8 Å². The predicted octanol–water partition coefficient (Wildman–Crippen LogP) is 1.75. The molecule has 0 aliphatic carbocycles. The van der Waals surface area contributed by atoms with Crippen molar-refractivity contribution in [1.82, 2.24) is 5.32 Å². The molecule has 0 aliphatic heterocycles. The lowest BCUT2D eigenvalue weighted by Crippen LogP contribution is -2.18. The standard InChI is InChI=1S/C12H18ClNO3/c1-14-6-11(15)9-5-10(13)12(17-3)4-8(9)7-16-2/h4-5,11,14-15H,6-7H2,1-3H3. The summed E-state index contributed by atoms with van der Waals surface area (Å²) in [6.45, 7) is 0.864. The summed E-state index contributed by atoms with van der Waals surface area (Å²) in [4.78, 5) is 0. The molecular formula is C12H18ClNO3. The van der Waals surface area contributed by atoms with Crippen LogP contribution < -0.4 is 10.1 Å². The highest BCUT2D eigenvalue weighted by Crippen LogP contribution is 2.31. The number of aliphatic hydroxyl groups excluding tert-OH is 1. The molecule has 0 saturated heterocycles. The quantitative estimate of drug-likeness (QED) is 0.817. The van der Waals surface area contributed by atoms with E-state index in [0.717, 1.165) is 11.1 Å². The normalized spacial score (nSPS) is 12.5. The van der Waals surface area contributed by atoms with Crippen LogP contribution in [0, 0.1) is 0 Å². The Bertz CT molecular complexity index is 371. The summed E-state index contributed by atoms with van der Waals surface area (Å²) >= 11 is 6.05. The van der Waals surface area contributed by atoms with E-state index >= 15 is 0 Å². The summed E-state index contributed by atoms with van der Waals surface area (Å²) in [7, 11) is 4.95. The van der Waals surface area contributed by atoms with Crippen molar-refractivity contribution in [3.05, 3.63) is 28.3 Å². The summed E-state index contributed by atoms with van der Waals surface area (Å²) < 4.78 is 10.2. The number of nitrogens with one attached hydrogen (secondary N) is 1. The SMILES string of the molecule is CNCC(O)c1cc(Cl)c(OC)cc1COC. The van der Waals surface area contributed by atoms with Gasteiger partial charge in [-0.15, -0.1) is 0 Å². The number of halogens is 1. The second-order valence-electron chi connectivity index (χ2n) is 3.69. The van der Waals surface area contributed by atoms with Crippen LogP contribution >= 0.6 is 11.6 Å². The zero-order valence-electron chi connectivity index (χ0n) is 10.3. The molecule has 1 atom stereocenters. The van der Waals surface area contributed by atoms with Gasteiger partial charge in [-0.25, -0.2) is 0 Å². The molecular weight excluding hydrogens is 242 g/mol. The highest BCUT2D eigenvalue weighted by Gasteiger charge is 2.15. The van der Waals surface area contributed by atoms with Crippen LogP contribution in [0.2, 0.25) is 5.02 Å². The fourth-order valence-electron chi connectivity index (χ4n) is 1.66. The van der Waals surface area contributed by atoms with E-state index in [0.29, 0.717) is 23.9 Å². The first-order valence-corrected chi connectivity index (χ1v) is 5.69. The average molecular weight is 260 g/mol. The highest BCUT2D eigenvalue weighted by molar-refractivity contribution is 6.32. The minimum absolute atomic E-state index is 0.406. The number of hydrogen-bond donors (Lipinski definition) is 2. The molecule has 0 spiro atoms. The summed E-state index contributed by atoms with van der Waals surface area (Å²) in [6.07, 6.45) is -0.617. The van der Waals surface area contributed by atoms with Gasteiger partial charge in [-0.05, 0) is 30.3 Å². The van der Waals surface area contributed by atoms with Crippen LogP contribution in [0.3, 0.4) is 0 Å². The van der Waals surface area contributed by atoms with E-state index in [1.807, 2.05) is 0 Å². The van der Waals surface area contributed by atoms with Crippen molar-refractivity contribution in [1.29, 1.82) is 0 Å². The number of methoxy groups -OCH3 is 2. The van der Waals surface area contributed by atoms with Crippen LogP contribution in [0.15, 0.2) is 12.1 Å². The average Bonchev–Trinajstić information content (AvgIpc) is 2.31. The zero-order valence-corrected chi connectivity index (χ0v) is 11.0. The van der Waals surface area contributed by atoms with E-state index in [9.17, 15) is 5.11 Å². The number of likely N-dealkylation sites (N-methyl/N-ethyl adjacent to an activating group) is 1. The Labute approximate surface area is 106 Å². The van der Waals surface area contributed by atoms with Crippen molar-refractivity contribution in [3.63, 3.8) is 0 Å². The van der Waals surface area contributed by atoms with Gasteiger partial charge >= 0.3 is 0 Å². The Morgan fingerprint density at radius 1 is 1.41 bits per heavy atom. The lowest BCUT2D eigenvalue weighted by molar-refractivity contribution is 0.161. The van der Waals surface area contributed by atoms with Gasteiger partial charge in [0.05, 0.1) is 24.8 Å². The van der Waals surface area contributed by atoms with Gasteiger partial charge in [0.2, 0.25) is 0 Å². The number of ether oxygens (including phenoxy) is 2. The van der Waals surface area contributed by atoms with Gasteiger partial charge in [0.1, 0.15) is 5.75 Å². The monoisotopic (exact) mass is 259 g/mol. The lowest BCUT2D eigenvalue weighted by Gasteiger charge is -2.17. The summed E-state index contributed by atoms with van der Waals surface area (Å²) in [6, 6.07) is 3.51. The first kappa shape index (κ1) is 14.3. The van der Waals surface area contributed by atoms with Crippen LogP contribution in [-0.4, -0.2) is 32.9 Å². The Hall–Kier alpha value is -0.810. The van der Waals surface area contributed by atoms with Gasteiger partial charge in [-0.3, -0.25) is 0 Å². The van der Waals surface area contributed by atoms with E-state index in [4.69, 9.17) is 21.1 Å². The molecule has 0 amide bonds. The van der Waals surface area contributed by atoms with Crippen molar-refractivity contribution < 1.29 is 14.6 Å². The van der Waals surface area contributed by atoms with Crippen LogP contribution in [0.5, 0.6) is 5.75 Å². The van der Waals surface area contributed by atoms with Crippen LogP contribution in [-0.2, 0) is 11.3 Å². The largest absolute Gasteiger partial charge is 0.495 e. The van der Waals surface area contributed by atoms with Gasteiger partial charge in [0.25, 0.3) is 0 Å². The van der Waals surface area contributed by atoms with Gasteiger partial charge in [-0.2, -0.15) is 0 Å². The number of hydrogen-bond acceptors (Lipinski definition) is 4. The van der Waals surface area contributed by atoms with Crippen molar-refractivity contribution >= 4 is 11.6 Å².